The zero-order valence-electron chi connectivity index (χ0n) is 13.1. The Labute approximate surface area is 134 Å². The van der Waals surface area contributed by atoms with Gasteiger partial charge in [0.1, 0.15) is 17.3 Å². The maximum absolute atomic E-state index is 13.2. The Balaban J connectivity index is 1.71. The second kappa shape index (κ2) is 6.54. The van der Waals surface area contributed by atoms with Gasteiger partial charge in [0.15, 0.2) is 0 Å². The maximum atomic E-state index is 13.2. The maximum Gasteiger partial charge on any atom is 0.307 e. The van der Waals surface area contributed by atoms with Gasteiger partial charge in [-0.05, 0) is 62.2 Å². The number of nitrogens with zero attached hydrogens (tertiary/aromatic N) is 1. The number of likely N-dealkylation sites (tertiary alicyclic amines) is 1. The lowest BCUT2D eigenvalue weighted by atomic mass is 9.98. The van der Waals surface area contributed by atoms with Crippen molar-refractivity contribution in [3.05, 3.63) is 47.5 Å². The van der Waals surface area contributed by atoms with Crippen LogP contribution in [-0.2, 0) is 11.3 Å². The van der Waals surface area contributed by atoms with E-state index in [9.17, 15) is 9.18 Å². The normalized spacial score (nSPS) is 19.0. The van der Waals surface area contributed by atoms with Crippen molar-refractivity contribution in [2.45, 2.75) is 26.3 Å². The summed E-state index contributed by atoms with van der Waals surface area (Å²) in [5.74, 6) is 0.236. The minimum atomic E-state index is -0.725. The van der Waals surface area contributed by atoms with Crippen LogP contribution in [0.5, 0.6) is 0 Å². The average Bonchev–Trinajstić information content (AvgIpc) is 2.95. The lowest BCUT2D eigenvalue weighted by Crippen LogP contribution is -2.38. The predicted octanol–water partition coefficient (Wildman–Crippen LogP) is 3.69. The fourth-order valence-corrected chi connectivity index (χ4v) is 3.13. The second-order valence-corrected chi connectivity index (χ2v) is 6.14. The standard InChI is InChI=1S/C18H20FNO3/c1-12-9-14(19)4-6-16(12)17-7-5-15(23-17)11-20-8-2-3-13(10-20)18(21)22/h4-7,9,13H,2-3,8,10-11H2,1H3,(H,21,22). The zero-order valence-corrected chi connectivity index (χ0v) is 13.1. The highest BCUT2D eigenvalue weighted by atomic mass is 19.1. The van der Waals surface area contributed by atoms with Crippen molar-refractivity contribution in [1.29, 1.82) is 0 Å². The lowest BCUT2D eigenvalue weighted by molar-refractivity contribution is -0.143. The van der Waals surface area contributed by atoms with Crippen LogP contribution in [0.2, 0.25) is 0 Å². The third-order valence-corrected chi connectivity index (χ3v) is 4.35. The van der Waals surface area contributed by atoms with Gasteiger partial charge in [0.25, 0.3) is 0 Å². The lowest BCUT2D eigenvalue weighted by Gasteiger charge is -2.29. The average molecular weight is 317 g/mol. The highest BCUT2D eigenvalue weighted by molar-refractivity contribution is 5.70. The molecule has 122 valence electrons. The number of carbonyl (C=O) groups is 1. The number of aliphatic carboxylic acids is 1. The third kappa shape index (κ3) is 3.62. The van der Waals surface area contributed by atoms with Crippen LogP contribution in [0.1, 0.15) is 24.2 Å². The van der Waals surface area contributed by atoms with Crippen molar-refractivity contribution >= 4 is 5.97 Å². The number of benzene rings is 1. The van der Waals surface area contributed by atoms with E-state index >= 15 is 0 Å². The number of hydrogen-bond donors (Lipinski definition) is 1. The van der Waals surface area contributed by atoms with Gasteiger partial charge in [-0.3, -0.25) is 9.69 Å². The fourth-order valence-electron chi connectivity index (χ4n) is 3.13. The predicted molar refractivity (Wildman–Crippen MR) is 84.5 cm³/mol. The van der Waals surface area contributed by atoms with Crippen molar-refractivity contribution in [2.75, 3.05) is 13.1 Å². The van der Waals surface area contributed by atoms with E-state index in [1.807, 2.05) is 19.1 Å². The Kier molecular flexibility index (Phi) is 4.48. The molecule has 0 saturated carbocycles. The van der Waals surface area contributed by atoms with Crippen molar-refractivity contribution in [3.8, 4) is 11.3 Å². The molecule has 0 aliphatic carbocycles. The summed E-state index contributed by atoms with van der Waals surface area (Å²) in [6.07, 6.45) is 1.63. The number of aryl methyl sites for hydroxylation is 1. The Morgan fingerprint density at radius 3 is 2.96 bits per heavy atom. The van der Waals surface area contributed by atoms with E-state index < -0.39 is 5.97 Å². The minimum absolute atomic E-state index is 0.258. The van der Waals surface area contributed by atoms with E-state index in [-0.39, 0.29) is 11.7 Å². The molecule has 1 atom stereocenters. The van der Waals surface area contributed by atoms with Crippen LogP contribution in [0, 0.1) is 18.7 Å². The summed E-state index contributed by atoms with van der Waals surface area (Å²) in [6.45, 7) is 3.89. The van der Waals surface area contributed by atoms with Crippen molar-refractivity contribution in [1.82, 2.24) is 4.90 Å². The van der Waals surface area contributed by atoms with Crippen LogP contribution >= 0.6 is 0 Å². The summed E-state index contributed by atoms with van der Waals surface area (Å²) < 4.78 is 19.1. The summed E-state index contributed by atoms with van der Waals surface area (Å²) in [5.41, 5.74) is 1.70. The molecule has 0 spiro atoms. The van der Waals surface area contributed by atoms with Crippen LogP contribution in [0.4, 0.5) is 4.39 Å². The first kappa shape index (κ1) is 15.7. The number of furan rings is 1. The van der Waals surface area contributed by atoms with Crippen molar-refractivity contribution < 1.29 is 18.7 Å². The molecule has 1 aromatic heterocycles. The van der Waals surface area contributed by atoms with Crippen molar-refractivity contribution in [2.24, 2.45) is 5.92 Å². The van der Waals surface area contributed by atoms with Crippen LogP contribution in [0.25, 0.3) is 11.3 Å². The molecule has 1 saturated heterocycles. The van der Waals surface area contributed by atoms with Crippen molar-refractivity contribution in [3.63, 3.8) is 0 Å². The molecule has 4 nitrogen and oxygen atoms in total. The topological polar surface area (TPSA) is 53.7 Å². The molecular formula is C18H20FNO3. The van der Waals surface area contributed by atoms with E-state index in [1.165, 1.54) is 12.1 Å². The fraction of sp³-hybridized carbons (Fsp3) is 0.389. The smallest absolute Gasteiger partial charge is 0.307 e. The Bertz CT molecular complexity index is 710. The molecule has 1 aliphatic heterocycles. The number of carboxylic acid groups (broad SMARTS) is 1. The number of rotatable bonds is 4. The third-order valence-electron chi connectivity index (χ3n) is 4.35. The first-order valence-corrected chi connectivity index (χ1v) is 7.83. The van der Waals surface area contributed by atoms with Crippen LogP contribution in [0.15, 0.2) is 34.7 Å². The van der Waals surface area contributed by atoms with Crippen LogP contribution in [0.3, 0.4) is 0 Å². The quantitative estimate of drug-likeness (QED) is 0.934. The van der Waals surface area contributed by atoms with Gasteiger partial charge in [0.2, 0.25) is 0 Å². The van der Waals surface area contributed by atoms with Gasteiger partial charge in [0.05, 0.1) is 12.5 Å². The monoisotopic (exact) mass is 317 g/mol. The van der Waals surface area contributed by atoms with E-state index in [1.54, 1.807) is 6.07 Å². The molecule has 0 bridgehead atoms. The molecule has 2 heterocycles. The van der Waals surface area contributed by atoms with E-state index in [0.717, 1.165) is 36.3 Å². The van der Waals surface area contributed by atoms with Crippen LogP contribution in [-0.4, -0.2) is 29.1 Å². The number of piperidine rings is 1. The molecular weight excluding hydrogens is 297 g/mol. The molecule has 0 amide bonds. The summed E-state index contributed by atoms with van der Waals surface area (Å²) in [4.78, 5) is 13.2. The van der Waals surface area contributed by atoms with Gasteiger partial charge in [0, 0.05) is 12.1 Å². The van der Waals surface area contributed by atoms with Gasteiger partial charge in [-0.1, -0.05) is 0 Å². The van der Waals surface area contributed by atoms with Gasteiger partial charge in [-0.15, -0.1) is 0 Å². The zero-order chi connectivity index (χ0) is 16.4. The highest BCUT2D eigenvalue weighted by Gasteiger charge is 2.25. The molecule has 1 aliphatic rings. The largest absolute Gasteiger partial charge is 0.481 e. The minimum Gasteiger partial charge on any atom is -0.481 e. The Morgan fingerprint density at radius 1 is 1.39 bits per heavy atom. The van der Waals surface area contributed by atoms with Gasteiger partial charge in [-0.2, -0.15) is 0 Å². The highest BCUT2D eigenvalue weighted by Crippen LogP contribution is 2.27. The second-order valence-electron chi connectivity index (χ2n) is 6.14. The molecule has 1 N–H and O–H groups in total. The van der Waals surface area contributed by atoms with E-state index in [4.69, 9.17) is 9.52 Å². The summed E-state index contributed by atoms with van der Waals surface area (Å²) in [6, 6.07) is 8.41. The summed E-state index contributed by atoms with van der Waals surface area (Å²) in [5, 5.41) is 9.15. The van der Waals surface area contributed by atoms with E-state index in [2.05, 4.69) is 4.90 Å². The molecule has 1 unspecified atom stereocenters. The van der Waals surface area contributed by atoms with Crippen LogP contribution < -0.4 is 0 Å². The molecule has 3 rings (SSSR count). The summed E-state index contributed by atoms with van der Waals surface area (Å²) in [7, 11) is 0. The first-order valence-electron chi connectivity index (χ1n) is 7.83. The molecule has 1 aromatic carbocycles. The van der Waals surface area contributed by atoms with Gasteiger partial charge in [-0.25, -0.2) is 4.39 Å². The summed E-state index contributed by atoms with van der Waals surface area (Å²) >= 11 is 0. The molecule has 1 fully saturated rings. The molecule has 23 heavy (non-hydrogen) atoms. The number of carboxylic acids is 1. The Hall–Kier alpha value is -2.14. The number of halogens is 1. The molecule has 0 radical (unpaired) electrons. The van der Waals surface area contributed by atoms with Gasteiger partial charge >= 0.3 is 5.97 Å². The SMILES string of the molecule is Cc1cc(F)ccc1-c1ccc(CN2CCCC(C(=O)O)C2)o1. The van der Waals surface area contributed by atoms with E-state index in [0.29, 0.717) is 18.8 Å². The number of hydrogen-bond acceptors (Lipinski definition) is 3. The first-order chi connectivity index (χ1) is 11.0. The molecule has 2 aromatic rings. The van der Waals surface area contributed by atoms with Gasteiger partial charge < -0.3 is 9.52 Å². The Morgan fingerprint density at radius 2 is 2.22 bits per heavy atom. The molecule has 5 heteroatoms.